The number of anilines is 4. The van der Waals surface area contributed by atoms with Gasteiger partial charge in [-0.15, -0.1) is 0 Å². The Morgan fingerprint density at radius 2 is 1.90 bits per heavy atom. The summed E-state index contributed by atoms with van der Waals surface area (Å²) in [5.74, 6) is 0.659. The van der Waals surface area contributed by atoms with Crippen molar-refractivity contribution in [3.05, 3.63) is 41.0 Å². The van der Waals surface area contributed by atoms with Crippen LogP contribution in [0.25, 0.3) is 0 Å². The van der Waals surface area contributed by atoms with Crippen LogP contribution in [0.2, 0.25) is 0 Å². The molecule has 0 amide bonds. The van der Waals surface area contributed by atoms with Crippen LogP contribution in [-0.4, -0.2) is 49.1 Å². The van der Waals surface area contributed by atoms with E-state index in [-0.39, 0.29) is 23.0 Å². The van der Waals surface area contributed by atoms with Crippen LogP contribution >= 0.6 is 0 Å². The molecule has 2 aliphatic rings. The fourth-order valence-electron chi connectivity index (χ4n) is 3.99. The third-order valence-electron chi connectivity index (χ3n) is 5.65. The van der Waals surface area contributed by atoms with E-state index >= 15 is 0 Å². The van der Waals surface area contributed by atoms with E-state index < -0.39 is 6.04 Å². The fraction of sp³-hybridized carbons (Fsp3) is 0.333. The van der Waals surface area contributed by atoms with Crippen molar-refractivity contribution in [1.29, 1.82) is 10.5 Å². The fourth-order valence-corrected chi connectivity index (χ4v) is 3.99. The number of guanidine groups is 1. The number of nitrogens with zero attached hydrogens (tertiary/aromatic N) is 6. The predicted octanol–water partition coefficient (Wildman–Crippen LogP) is 1.20. The maximum atomic E-state index is 9.45. The quantitative estimate of drug-likeness (QED) is 0.417. The van der Waals surface area contributed by atoms with Crippen LogP contribution in [0.15, 0.2) is 29.3 Å². The number of aliphatic imine (C=N–C) groups is 1. The molecule has 1 unspecified atom stereocenters. The lowest BCUT2D eigenvalue weighted by atomic mass is 9.95. The highest BCUT2D eigenvalue weighted by Crippen LogP contribution is 2.40. The Morgan fingerprint density at radius 3 is 2.61 bits per heavy atom. The molecule has 0 aliphatic carbocycles. The zero-order valence-electron chi connectivity index (χ0n) is 17.3. The molecular formula is C21H24N10. The van der Waals surface area contributed by atoms with Gasteiger partial charge in [0.25, 0.3) is 0 Å². The van der Waals surface area contributed by atoms with Gasteiger partial charge >= 0.3 is 0 Å². The largest absolute Gasteiger partial charge is 0.397 e. The molecule has 1 saturated heterocycles. The normalized spacial score (nSPS) is 18.6. The summed E-state index contributed by atoms with van der Waals surface area (Å²) < 4.78 is 0. The van der Waals surface area contributed by atoms with Crippen molar-refractivity contribution in [2.75, 3.05) is 54.9 Å². The second kappa shape index (κ2) is 8.38. The number of fused-ring (bicyclic) bond motifs is 1. The van der Waals surface area contributed by atoms with Gasteiger partial charge in [-0.05, 0) is 37.7 Å². The molecule has 10 heteroatoms. The first-order chi connectivity index (χ1) is 15.0. The van der Waals surface area contributed by atoms with Gasteiger partial charge in [0.1, 0.15) is 29.3 Å². The number of benzene rings is 1. The highest BCUT2D eigenvalue weighted by atomic mass is 15.2. The van der Waals surface area contributed by atoms with Gasteiger partial charge in [0.2, 0.25) is 5.96 Å². The topological polar surface area (TPSA) is 155 Å². The summed E-state index contributed by atoms with van der Waals surface area (Å²) in [7, 11) is 2.15. The predicted molar refractivity (Wildman–Crippen MR) is 120 cm³/mol. The lowest BCUT2D eigenvalue weighted by molar-refractivity contribution is 0.360. The zero-order valence-corrected chi connectivity index (χ0v) is 17.3. The maximum absolute atomic E-state index is 9.45. The van der Waals surface area contributed by atoms with Crippen molar-refractivity contribution in [3.8, 4) is 12.3 Å². The minimum Gasteiger partial charge on any atom is -0.397 e. The molecule has 158 valence electrons. The number of pyridine rings is 1. The summed E-state index contributed by atoms with van der Waals surface area (Å²) in [6.45, 7) is 4.11. The van der Waals surface area contributed by atoms with Crippen molar-refractivity contribution < 1.29 is 0 Å². The first-order valence-corrected chi connectivity index (χ1v) is 10.0. The standard InChI is InChI=1S/C21H24N10/c1-30-7-2-8-31(10-9-30)14-5-3-13(4-6-14)18-16-17(24)15(11-22)19(25)28-20(16)29-21(27-18)26-12-23/h3-6,18H,2,7-10H2,1H3,(H6,24,25,26,27,28,29). The molecular weight excluding hydrogens is 392 g/mol. The SMILES string of the molecule is CN1CCCN(c2ccc(C3N=C(NC#N)Nc4nc(N)c(C#N)c(N)c43)cc2)CC1. The van der Waals surface area contributed by atoms with Crippen molar-refractivity contribution in [2.45, 2.75) is 12.5 Å². The molecule has 3 heterocycles. The minimum atomic E-state index is -0.531. The van der Waals surface area contributed by atoms with Crippen molar-refractivity contribution >= 4 is 29.0 Å². The summed E-state index contributed by atoms with van der Waals surface area (Å²) in [5.41, 5.74) is 15.1. The number of nitrogens with one attached hydrogen (secondary N) is 2. The third-order valence-corrected chi connectivity index (χ3v) is 5.65. The highest BCUT2D eigenvalue weighted by Gasteiger charge is 2.29. The summed E-state index contributed by atoms with van der Waals surface area (Å²) in [5, 5.41) is 23.9. The Kier molecular flexibility index (Phi) is 5.48. The summed E-state index contributed by atoms with van der Waals surface area (Å²) in [6.07, 6.45) is 2.98. The number of nitrogens with two attached hydrogens (primary N) is 2. The van der Waals surface area contributed by atoms with Gasteiger partial charge in [-0.25, -0.2) is 9.98 Å². The minimum absolute atomic E-state index is 0.0321. The molecule has 1 aromatic heterocycles. The molecule has 6 N–H and O–H groups in total. The van der Waals surface area contributed by atoms with E-state index in [0.717, 1.165) is 43.9 Å². The van der Waals surface area contributed by atoms with Crippen LogP contribution in [0.1, 0.15) is 29.2 Å². The van der Waals surface area contributed by atoms with Gasteiger partial charge in [-0.2, -0.15) is 10.5 Å². The zero-order chi connectivity index (χ0) is 22.0. The maximum Gasteiger partial charge on any atom is 0.211 e. The Balaban J connectivity index is 1.72. The first kappa shape index (κ1) is 20.3. The van der Waals surface area contributed by atoms with Crippen molar-refractivity contribution in [1.82, 2.24) is 15.2 Å². The molecule has 0 spiro atoms. The number of nitrogen functional groups attached to an aromatic ring is 2. The van der Waals surface area contributed by atoms with Crippen LogP contribution < -0.4 is 27.0 Å². The molecule has 2 aromatic rings. The van der Waals surface area contributed by atoms with Gasteiger partial charge in [0.05, 0.1) is 5.69 Å². The molecule has 2 aliphatic heterocycles. The van der Waals surface area contributed by atoms with Crippen molar-refractivity contribution in [3.63, 3.8) is 0 Å². The second-order valence-corrected chi connectivity index (χ2v) is 7.64. The van der Waals surface area contributed by atoms with E-state index in [4.69, 9.17) is 16.7 Å². The molecule has 0 bridgehead atoms. The average Bonchev–Trinajstić information content (AvgIpc) is 2.98. The van der Waals surface area contributed by atoms with E-state index in [9.17, 15) is 5.26 Å². The number of hydrogen-bond donors (Lipinski definition) is 4. The second-order valence-electron chi connectivity index (χ2n) is 7.64. The molecule has 0 saturated carbocycles. The van der Waals surface area contributed by atoms with Crippen LogP contribution in [0.4, 0.5) is 23.0 Å². The van der Waals surface area contributed by atoms with Crippen molar-refractivity contribution in [2.24, 2.45) is 4.99 Å². The van der Waals surface area contributed by atoms with Crippen LogP contribution in [0, 0.1) is 22.8 Å². The molecule has 0 radical (unpaired) electrons. The summed E-state index contributed by atoms with van der Waals surface area (Å²) >= 11 is 0. The van der Waals surface area contributed by atoms with Crippen LogP contribution in [-0.2, 0) is 0 Å². The van der Waals surface area contributed by atoms with E-state index in [0.29, 0.717) is 11.4 Å². The van der Waals surface area contributed by atoms with Crippen LogP contribution in [0.5, 0.6) is 0 Å². The number of hydrogen-bond acceptors (Lipinski definition) is 10. The molecule has 1 atom stereocenters. The van der Waals surface area contributed by atoms with E-state index in [1.807, 2.05) is 24.4 Å². The van der Waals surface area contributed by atoms with Crippen LogP contribution in [0.3, 0.4) is 0 Å². The number of likely N-dealkylation sites (N-methyl/N-ethyl adjacent to an activating group) is 1. The monoisotopic (exact) mass is 416 g/mol. The van der Waals surface area contributed by atoms with E-state index in [2.05, 4.69) is 49.6 Å². The number of nitriles is 2. The van der Waals surface area contributed by atoms with Gasteiger partial charge in [0, 0.05) is 30.9 Å². The third kappa shape index (κ3) is 3.89. The smallest absolute Gasteiger partial charge is 0.211 e. The Bertz CT molecular complexity index is 1090. The number of aromatic nitrogens is 1. The molecule has 10 nitrogen and oxygen atoms in total. The number of rotatable bonds is 2. The Morgan fingerprint density at radius 1 is 1.13 bits per heavy atom. The van der Waals surface area contributed by atoms with Gasteiger partial charge in [0.15, 0.2) is 6.19 Å². The average molecular weight is 416 g/mol. The Hall–Kier alpha value is -4.02. The van der Waals surface area contributed by atoms with E-state index in [1.165, 1.54) is 0 Å². The molecule has 4 rings (SSSR count). The van der Waals surface area contributed by atoms with Gasteiger partial charge in [-0.3, -0.25) is 5.32 Å². The van der Waals surface area contributed by atoms with Gasteiger partial charge in [-0.1, -0.05) is 12.1 Å². The molecule has 1 aromatic carbocycles. The summed E-state index contributed by atoms with van der Waals surface area (Å²) in [6, 6.07) is 9.63. The lowest BCUT2D eigenvalue weighted by Gasteiger charge is -2.27. The Labute approximate surface area is 180 Å². The first-order valence-electron chi connectivity index (χ1n) is 10.0. The molecule has 1 fully saturated rings. The molecule has 31 heavy (non-hydrogen) atoms. The van der Waals surface area contributed by atoms with Gasteiger partial charge < -0.3 is 26.6 Å². The van der Waals surface area contributed by atoms with E-state index in [1.54, 1.807) is 0 Å². The lowest BCUT2D eigenvalue weighted by Crippen LogP contribution is -2.32. The summed E-state index contributed by atoms with van der Waals surface area (Å²) in [4.78, 5) is 13.6. The highest BCUT2D eigenvalue weighted by molar-refractivity contribution is 5.98.